The SMILES string of the molecule is CN(C1CCCCC1)S(=O)(=O)c1cccc(C(=O)NCC2(c3ccc(F)cc3)CCOCC2)c1. The van der Waals surface area contributed by atoms with Crippen LogP contribution in [0, 0.1) is 5.82 Å². The van der Waals surface area contributed by atoms with Gasteiger partial charge in [-0.1, -0.05) is 37.5 Å². The van der Waals surface area contributed by atoms with Gasteiger partial charge in [0.1, 0.15) is 5.82 Å². The number of carbonyl (C=O) groups is 1. The van der Waals surface area contributed by atoms with Crippen molar-refractivity contribution in [1.82, 2.24) is 9.62 Å². The van der Waals surface area contributed by atoms with Crippen molar-refractivity contribution in [2.75, 3.05) is 26.8 Å². The first kappa shape index (κ1) is 24.8. The van der Waals surface area contributed by atoms with Crippen LogP contribution in [-0.4, -0.2) is 51.5 Å². The quantitative estimate of drug-likeness (QED) is 0.632. The zero-order valence-electron chi connectivity index (χ0n) is 19.6. The van der Waals surface area contributed by atoms with Crippen molar-refractivity contribution in [2.45, 2.75) is 61.3 Å². The minimum atomic E-state index is -3.69. The monoisotopic (exact) mass is 488 g/mol. The maximum atomic E-state index is 13.5. The molecule has 0 atom stereocenters. The van der Waals surface area contributed by atoms with Crippen LogP contribution < -0.4 is 5.32 Å². The van der Waals surface area contributed by atoms with E-state index in [-0.39, 0.29) is 28.1 Å². The lowest BCUT2D eigenvalue weighted by Crippen LogP contribution is -2.44. The van der Waals surface area contributed by atoms with E-state index in [2.05, 4.69) is 5.32 Å². The average Bonchev–Trinajstić information content (AvgIpc) is 2.88. The molecule has 0 spiro atoms. The minimum Gasteiger partial charge on any atom is -0.381 e. The van der Waals surface area contributed by atoms with Crippen molar-refractivity contribution in [1.29, 1.82) is 0 Å². The van der Waals surface area contributed by atoms with Crippen molar-refractivity contribution in [3.63, 3.8) is 0 Å². The topological polar surface area (TPSA) is 75.7 Å². The maximum Gasteiger partial charge on any atom is 0.251 e. The first-order valence-electron chi connectivity index (χ1n) is 12.0. The Balaban J connectivity index is 1.50. The standard InChI is InChI=1S/C26H33FN2O4S/c1-29(23-7-3-2-4-8-23)34(31,32)24-9-5-6-20(18-24)25(30)28-19-26(14-16-33-17-15-26)21-10-12-22(27)13-11-21/h5-6,9-13,18,23H,2-4,7-8,14-17,19H2,1H3,(H,28,30). The number of rotatable bonds is 7. The summed E-state index contributed by atoms with van der Waals surface area (Å²) in [4.78, 5) is 13.2. The van der Waals surface area contributed by atoms with Gasteiger partial charge in [-0.25, -0.2) is 12.8 Å². The van der Waals surface area contributed by atoms with Gasteiger partial charge >= 0.3 is 0 Å². The Bertz CT molecular complexity index is 1090. The molecule has 1 aliphatic heterocycles. The smallest absolute Gasteiger partial charge is 0.251 e. The largest absolute Gasteiger partial charge is 0.381 e. The molecule has 1 heterocycles. The van der Waals surface area contributed by atoms with Gasteiger partial charge in [0, 0.05) is 43.8 Å². The molecule has 6 nitrogen and oxygen atoms in total. The predicted octanol–water partition coefficient (Wildman–Crippen LogP) is 4.26. The number of sulfonamides is 1. The fourth-order valence-electron chi connectivity index (χ4n) is 5.09. The number of carbonyl (C=O) groups excluding carboxylic acids is 1. The lowest BCUT2D eigenvalue weighted by molar-refractivity contribution is 0.0487. The molecule has 1 saturated heterocycles. The number of benzene rings is 2. The molecule has 0 radical (unpaired) electrons. The number of hydrogen-bond acceptors (Lipinski definition) is 4. The van der Waals surface area contributed by atoms with Crippen LogP contribution in [-0.2, 0) is 20.2 Å². The van der Waals surface area contributed by atoms with Crippen LogP contribution in [0.15, 0.2) is 53.4 Å². The fourth-order valence-corrected chi connectivity index (χ4v) is 6.55. The zero-order valence-corrected chi connectivity index (χ0v) is 20.5. The van der Waals surface area contributed by atoms with Crippen LogP contribution in [0.2, 0.25) is 0 Å². The number of nitrogens with one attached hydrogen (secondary N) is 1. The van der Waals surface area contributed by atoms with Crippen LogP contribution in [0.3, 0.4) is 0 Å². The summed E-state index contributed by atoms with van der Waals surface area (Å²) in [5, 5.41) is 3.00. The van der Waals surface area contributed by atoms with Gasteiger partial charge in [-0.2, -0.15) is 4.31 Å². The third-order valence-electron chi connectivity index (χ3n) is 7.36. The molecular formula is C26H33FN2O4S. The number of nitrogens with zero attached hydrogens (tertiary/aromatic N) is 1. The molecule has 8 heteroatoms. The van der Waals surface area contributed by atoms with Gasteiger partial charge in [-0.15, -0.1) is 0 Å². The lowest BCUT2D eigenvalue weighted by atomic mass is 9.74. The van der Waals surface area contributed by atoms with E-state index in [4.69, 9.17) is 4.74 Å². The molecule has 2 aromatic carbocycles. The van der Waals surface area contributed by atoms with Gasteiger partial charge in [0.2, 0.25) is 10.0 Å². The predicted molar refractivity (Wildman–Crippen MR) is 129 cm³/mol. The van der Waals surface area contributed by atoms with Crippen molar-refractivity contribution >= 4 is 15.9 Å². The van der Waals surface area contributed by atoms with Crippen LogP contribution >= 0.6 is 0 Å². The zero-order chi connectivity index (χ0) is 24.2. The molecule has 34 heavy (non-hydrogen) atoms. The third kappa shape index (κ3) is 5.34. The Morgan fingerprint density at radius 3 is 2.44 bits per heavy atom. The Hall–Kier alpha value is -2.29. The minimum absolute atomic E-state index is 0.000297. The molecule has 2 aliphatic rings. The van der Waals surface area contributed by atoms with Gasteiger partial charge in [0.05, 0.1) is 4.90 Å². The highest BCUT2D eigenvalue weighted by molar-refractivity contribution is 7.89. The summed E-state index contributed by atoms with van der Waals surface area (Å²) in [5.74, 6) is -0.628. The van der Waals surface area contributed by atoms with Crippen molar-refractivity contribution in [2.24, 2.45) is 0 Å². The maximum absolute atomic E-state index is 13.5. The average molecular weight is 489 g/mol. The van der Waals surface area contributed by atoms with E-state index >= 15 is 0 Å². The van der Waals surface area contributed by atoms with Crippen LogP contribution in [0.4, 0.5) is 4.39 Å². The van der Waals surface area contributed by atoms with E-state index in [0.717, 1.165) is 37.7 Å². The number of halogens is 1. The van der Waals surface area contributed by atoms with E-state index in [1.54, 1.807) is 37.4 Å². The Labute approximate surface area is 201 Å². The number of ether oxygens (including phenoxy) is 1. The summed E-state index contributed by atoms with van der Waals surface area (Å²) in [6, 6.07) is 12.6. The molecule has 1 amide bonds. The third-order valence-corrected chi connectivity index (χ3v) is 9.26. The van der Waals surface area contributed by atoms with Crippen molar-refractivity contribution in [3.8, 4) is 0 Å². The second-order valence-corrected chi connectivity index (χ2v) is 11.4. The first-order chi connectivity index (χ1) is 16.3. The molecule has 184 valence electrons. The van der Waals surface area contributed by atoms with E-state index in [0.29, 0.717) is 38.2 Å². The van der Waals surface area contributed by atoms with Crippen molar-refractivity contribution < 1.29 is 22.3 Å². The highest BCUT2D eigenvalue weighted by Gasteiger charge is 2.35. The van der Waals surface area contributed by atoms with Gasteiger partial charge < -0.3 is 10.1 Å². The van der Waals surface area contributed by atoms with E-state index < -0.39 is 10.0 Å². The van der Waals surface area contributed by atoms with Gasteiger partial charge in [0.15, 0.2) is 0 Å². The van der Waals surface area contributed by atoms with Gasteiger partial charge in [0.25, 0.3) is 5.91 Å². The molecule has 4 rings (SSSR count). The normalized spacial score (nSPS) is 19.1. The highest BCUT2D eigenvalue weighted by atomic mass is 32.2. The van der Waals surface area contributed by atoms with Crippen LogP contribution in [0.25, 0.3) is 0 Å². The summed E-state index contributed by atoms with van der Waals surface area (Å²) in [6.45, 7) is 1.49. The molecule has 0 aromatic heterocycles. The Morgan fingerprint density at radius 1 is 1.09 bits per heavy atom. The summed E-state index contributed by atoms with van der Waals surface area (Å²) in [7, 11) is -2.05. The Morgan fingerprint density at radius 2 is 1.76 bits per heavy atom. The van der Waals surface area contributed by atoms with E-state index in [9.17, 15) is 17.6 Å². The van der Waals surface area contributed by atoms with Gasteiger partial charge in [-0.3, -0.25) is 4.79 Å². The molecule has 2 aromatic rings. The lowest BCUT2D eigenvalue weighted by Gasteiger charge is -2.38. The fraction of sp³-hybridized carbons (Fsp3) is 0.500. The molecule has 0 unspecified atom stereocenters. The molecule has 2 fully saturated rings. The highest BCUT2D eigenvalue weighted by Crippen LogP contribution is 2.34. The summed E-state index contributed by atoms with van der Waals surface area (Å²) in [6.07, 6.45) is 6.36. The van der Waals surface area contributed by atoms with Crippen LogP contribution in [0.5, 0.6) is 0 Å². The van der Waals surface area contributed by atoms with Crippen LogP contribution in [0.1, 0.15) is 60.9 Å². The molecule has 1 saturated carbocycles. The summed E-state index contributed by atoms with van der Waals surface area (Å²) < 4.78 is 46.9. The van der Waals surface area contributed by atoms with E-state index in [1.807, 2.05) is 0 Å². The summed E-state index contributed by atoms with van der Waals surface area (Å²) >= 11 is 0. The summed E-state index contributed by atoms with van der Waals surface area (Å²) in [5.41, 5.74) is 0.911. The molecule has 1 N–H and O–H groups in total. The Kier molecular flexibility index (Phi) is 7.70. The first-order valence-corrected chi connectivity index (χ1v) is 13.5. The van der Waals surface area contributed by atoms with E-state index in [1.165, 1.54) is 22.5 Å². The van der Waals surface area contributed by atoms with Crippen molar-refractivity contribution in [3.05, 3.63) is 65.5 Å². The number of amides is 1. The van der Waals surface area contributed by atoms with Gasteiger partial charge in [-0.05, 0) is 61.6 Å². The number of hydrogen-bond donors (Lipinski definition) is 1. The second kappa shape index (κ2) is 10.5. The molecule has 1 aliphatic carbocycles. The molecular weight excluding hydrogens is 455 g/mol. The second-order valence-electron chi connectivity index (χ2n) is 9.42. The molecule has 0 bridgehead atoms.